The summed E-state index contributed by atoms with van der Waals surface area (Å²) in [7, 11) is -2.21. The normalized spacial score (nSPS) is 11.4. The van der Waals surface area contributed by atoms with Gasteiger partial charge < -0.3 is 34.2 Å². The van der Waals surface area contributed by atoms with Crippen molar-refractivity contribution in [1.82, 2.24) is 42.9 Å². The van der Waals surface area contributed by atoms with Crippen molar-refractivity contribution in [2.24, 2.45) is 0 Å². The number of quaternary nitrogens is 1. The number of ether oxygens (including phenoxy) is 2. The monoisotopic (exact) mass is 1210 g/mol. The van der Waals surface area contributed by atoms with Gasteiger partial charge in [0.25, 0.3) is 20.2 Å². The molecular weight excluding hydrogens is 1160 g/mol. The summed E-state index contributed by atoms with van der Waals surface area (Å²) in [5.41, 5.74) is 7.14. The van der Waals surface area contributed by atoms with Crippen LogP contribution in [0.3, 0.4) is 0 Å². The number of carboxylic acids is 1. The van der Waals surface area contributed by atoms with Crippen LogP contribution in [-0.2, 0) is 63.1 Å². The highest BCUT2D eigenvalue weighted by molar-refractivity contribution is 8.13. The van der Waals surface area contributed by atoms with E-state index in [4.69, 9.17) is 30.1 Å². The Kier molecular flexibility index (Phi) is 20.4. The number of sulfonamides is 1. The number of benzene rings is 6. The molecule has 0 aliphatic carbocycles. The lowest BCUT2D eigenvalue weighted by Crippen LogP contribution is -2.47. The highest BCUT2D eigenvalue weighted by Gasteiger charge is 2.29. The number of H-pyrrole nitrogens is 2. The number of carboxylic acid groups (broad SMARTS) is 1. The second kappa shape index (κ2) is 27.6. The summed E-state index contributed by atoms with van der Waals surface area (Å²) in [6.07, 6.45) is -2.07. The Hall–Kier alpha value is -9.41. The van der Waals surface area contributed by atoms with Crippen molar-refractivity contribution in [3.05, 3.63) is 234 Å². The smallest absolute Gasteiger partial charge is 0.430 e. The molecule has 0 aliphatic rings. The zero-order chi connectivity index (χ0) is 60.8. The lowest BCUT2D eigenvalue weighted by molar-refractivity contribution is -0.386. The first-order chi connectivity index (χ1) is 40.0. The summed E-state index contributed by atoms with van der Waals surface area (Å²) in [5.74, 6) is -0.567. The molecule has 0 amide bonds. The van der Waals surface area contributed by atoms with Gasteiger partial charge >= 0.3 is 17.6 Å². The lowest BCUT2D eigenvalue weighted by Gasteiger charge is -2.10. The van der Waals surface area contributed by atoms with Crippen molar-refractivity contribution in [2.45, 2.75) is 69.1 Å². The summed E-state index contributed by atoms with van der Waals surface area (Å²) in [4.78, 5) is 71.0. The topological polar surface area (TPSA) is 312 Å². The van der Waals surface area contributed by atoms with Crippen LogP contribution in [0, 0.1) is 0 Å². The number of rotatable bonds is 16. The Morgan fingerprint density at radius 1 is 0.583 bits per heavy atom. The summed E-state index contributed by atoms with van der Waals surface area (Å²) in [6.45, 7) is 6.37. The second-order valence-electron chi connectivity index (χ2n) is 17.8. The van der Waals surface area contributed by atoms with E-state index in [1.807, 2.05) is 98.8 Å². The summed E-state index contributed by atoms with van der Waals surface area (Å²) in [6, 6.07) is 45.6. The minimum absolute atomic E-state index is 0.0552. The third kappa shape index (κ3) is 16.4. The third-order valence-corrected chi connectivity index (χ3v) is 14.9. The zero-order valence-corrected chi connectivity index (χ0v) is 46.9. The largest absolute Gasteiger partial charge is 0.542 e. The molecule has 6 aromatic carbocycles. The number of aliphatic carboxylic acids is 1. The van der Waals surface area contributed by atoms with Crippen LogP contribution in [0.4, 0.5) is 13.2 Å². The maximum atomic E-state index is 12.8. The van der Waals surface area contributed by atoms with Crippen LogP contribution in [0.2, 0.25) is 0 Å². The number of hydrogen-bond acceptors (Lipinski definition) is 14. The molecule has 0 bridgehead atoms. The molecule has 0 radical (unpaired) electrons. The predicted molar refractivity (Wildman–Crippen MR) is 302 cm³/mol. The molecule has 0 saturated heterocycles. The van der Waals surface area contributed by atoms with E-state index < -0.39 is 53.7 Å². The Labute approximate surface area is 480 Å². The number of carbonyl (C=O) groups is 1. The van der Waals surface area contributed by atoms with Gasteiger partial charge in [-0.2, -0.15) is 13.2 Å². The van der Waals surface area contributed by atoms with Gasteiger partial charge in [-0.3, -0.25) is 28.7 Å². The minimum Gasteiger partial charge on any atom is -0.542 e. The Bertz CT molecular complexity index is 4350. The van der Waals surface area contributed by atoms with E-state index in [0.29, 0.717) is 65.0 Å². The molecule has 0 saturated carbocycles. The molecule has 0 unspecified atom stereocenters. The molecule has 4 heterocycles. The summed E-state index contributed by atoms with van der Waals surface area (Å²) < 4.78 is 99.3. The molecule has 0 aliphatic heterocycles. The number of nitrogens with one attached hydrogen (secondary N) is 3. The van der Waals surface area contributed by atoms with Crippen molar-refractivity contribution in [2.75, 3.05) is 0 Å². The molecule has 0 atom stereocenters. The van der Waals surface area contributed by atoms with Crippen LogP contribution in [-0.4, -0.2) is 67.2 Å². The van der Waals surface area contributed by atoms with Crippen molar-refractivity contribution >= 4 is 58.1 Å². The maximum absolute atomic E-state index is 12.8. The first-order valence-electron chi connectivity index (χ1n) is 25.2. The number of fused-ring (bicyclic) bond motifs is 2. The number of para-hydroxylation sites is 2. The molecule has 10 rings (SSSR count). The van der Waals surface area contributed by atoms with Gasteiger partial charge in [0.05, 0.1) is 42.1 Å². The number of carbonyl (C=O) groups excluding carboxylic acids is 1. The molecule has 28 heteroatoms. The quantitative estimate of drug-likeness (QED) is 0.0853. The third-order valence-electron chi connectivity index (χ3n) is 12.1. The van der Waals surface area contributed by atoms with Crippen molar-refractivity contribution in [1.29, 1.82) is 0 Å². The highest BCUT2D eigenvalue weighted by atomic mass is 35.7. The van der Waals surface area contributed by atoms with Gasteiger partial charge in [0.1, 0.15) is 29.0 Å². The second-order valence-corrected chi connectivity index (χ2v) is 22.1. The lowest BCUT2D eigenvalue weighted by atomic mass is 10.1. The van der Waals surface area contributed by atoms with Crippen LogP contribution in [0.15, 0.2) is 199 Å². The van der Waals surface area contributed by atoms with Gasteiger partial charge in [0.15, 0.2) is 22.3 Å². The first kappa shape index (κ1) is 62.2. The standard InChI is InChI=1S/C27H25N5O5S.C15H17N5O2.C12H9ClO3S.C2HF3O2/c1-2-31-18-28-25-24(31)26(33)30-27(34)32(25)17-20-10-8-19(9-11-20)16-29-38(35,36)23-14-12-22(13-15-23)37-21-6-4-3-5-7-21;1-2-19-9-17-13-12(19)14(21)18-15(22)20(13)8-11-5-3-10(7-16)4-6-11;13-17(14,15)12-8-6-11(7-9-12)16-10-4-2-1-3-5-10;3-2(4,5)1(6)7/h3-15,18,29H,2,16-17H2,1H3,(H,30,33,34);3-6,9H,2,7-8,16H2,1H3,(H,18,21,22);1-9H;(H,6,7). The SMILES string of the molecule is CCn1cnc2c1c(=O)[nH]c(=O)n2Cc1ccc(CNS(=O)(=O)c2ccc(Oc3ccccc3)cc2)cc1.CCn1cnc2c1c(=O)[nH]c(=O)n2Cc1ccc(C[NH3+])cc1.O=C([O-])C(F)(F)F.O=S(=O)(Cl)c1ccc(Oc2ccccc2)cc1. The van der Waals surface area contributed by atoms with E-state index in [-0.39, 0.29) is 22.9 Å². The number of halogens is 4. The molecule has 10 aromatic rings. The number of aromatic nitrogens is 8. The van der Waals surface area contributed by atoms with Crippen molar-refractivity contribution < 1.29 is 55.1 Å². The van der Waals surface area contributed by atoms with Crippen LogP contribution < -0.4 is 47.5 Å². The number of aryl methyl sites for hydroxylation is 2. The van der Waals surface area contributed by atoms with E-state index in [2.05, 4.69) is 30.4 Å². The molecule has 84 heavy (non-hydrogen) atoms. The molecule has 4 aromatic heterocycles. The fourth-order valence-corrected chi connectivity index (χ4v) is 9.61. The Morgan fingerprint density at radius 3 is 1.30 bits per heavy atom. The molecule has 0 spiro atoms. The molecule has 438 valence electrons. The average Bonchev–Trinajstić information content (AvgIpc) is 4.23. The summed E-state index contributed by atoms with van der Waals surface area (Å²) >= 11 is 0. The first-order valence-corrected chi connectivity index (χ1v) is 29.0. The fourth-order valence-electron chi connectivity index (χ4n) is 7.82. The number of hydrogen-bond donors (Lipinski definition) is 4. The predicted octanol–water partition coefficient (Wildman–Crippen LogP) is 5.63. The van der Waals surface area contributed by atoms with Gasteiger partial charge in [-0.1, -0.05) is 84.9 Å². The van der Waals surface area contributed by atoms with Crippen LogP contribution in [0.5, 0.6) is 23.0 Å². The van der Waals surface area contributed by atoms with E-state index in [1.54, 1.807) is 64.0 Å². The number of imidazole rings is 2. The van der Waals surface area contributed by atoms with Crippen LogP contribution in [0.1, 0.15) is 36.1 Å². The van der Waals surface area contributed by atoms with Crippen molar-refractivity contribution in [3.63, 3.8) is 0 Å². The van der Waals surface area contributed by atoms with E-state index in [1.165, 1.54) is 39.7 Å². The van der Waals surface area contributed by atoms with Gasteiger partial charge in [-0.25, -0.2) is 41.1 Å². The molecule has 6 N–H and O–H groups in total. The van der Waals surface area contributed by atoms with Gasteiger partial charge in [0, 0.05) is 35.9 Å². The number of nitrogens with zero attached hydrogens (tertiary/aromatic N) is 6. The number of alkyl halides is 3. The van der Waals surface area contributed by atoms with Crippen LogP contribution in [0.25, 0.3) is 22.3 Å². The van der Waals surface area contributed by atoms with Crippen LogP contribution >= 0.6 is 10.7 Å². The number of aromatic amines is 2. The fraction of sp³-hybridized carbons (Fsp3) is 0.161. The van der Waals surface area contributed by atoms with Gasteiger partial charge in [-0.05, 0) is 103 Å². The summed E-state index contributed by atoms with van der Waals surface area (Å²) in [5, 5.41) is 8.78. The molecular formula is C56H52ClF3N10O12S2. The molecule has 0 fully saturated rings. The zero-order valence-electron chi connectivity index (χ0n) is 44.5. The Balaban J connectivity index is 0.000000185. The van der Waals surface area contributed by atoms with E-state index in [0.717, 1.165) is 28.8 Å². The average molecular weight is 1210 g/mol. The Morgan fingerprint density at radius 2 is 0.940 bits per heavy atom. The van der Waals surface area contributed by atoms with E-state index >= 15 is 0 Å². The van der Waals surface area contributed by atoms with Gasteiger partial charge in [-0.15, -0.1) is 0 Å². The van der Waals surface area contributed by atoms with Crippen molar-refractivity contribution in [3.8, 4) is 23.0 Å². The van der Waals surface area contributed by atoms with Gasteiger partial charge in [0.2, 0.25) is 10.0 Å². The molecule has 22 nitrogen and oxygen atoms in total. The highest BCUT2D eigenvalue weighted by Crippen LogP contribution is 2.25. The minimum atomic E-state index is -5.19. The maximum Gasteiger partial charge on any atom is 0.430 e. The van der Waals surface area contributed by atoms with E-state index in [9.17, 15) is 49.2 Å².